The average Bonchev–Trinajstić information content (AvgIpc) is 3.02. The summed E-state index contributed by atoms with van der Waals surface area (Å²) in [6.45, 7) is 2.32. The number of nitrogens with zero attached hydrogens (tertiary/aromatic N) is 2. The van der Waals surface area contributed by atoms with E-state index in [1.165, 1.54) is 16.4 Å². The lowest BCUT2D eigenvalue weighted by molar-refractivity contribution is -0.812. The van der Waals surface area contributed by atoms with E-state index in [0.717, 1.165) is 13.0 Å². The minimum atomic E-state index is -3.58. The van der Waals surface area contributed by atoms with E-state index in [9.17, 15) is 18.8 Å². The normalized spacial score (nSPS) is 23.0. The largest absolute Gasteiger partial charge is 0.621 e. The van der Waals surface area contributed by atoms with Crippen molar-refractivity contribution in [3.63, 3.8) is 0 Å². The van der Waals surface area contributed by atoms with Crippen molar-refractivity contribution in [1.29, 1.82) is 0 Å². The standard InChI is InChI=1S/C18H22N6O4S/c25-23-16-4-1-2-5-17(16)24(26)21-18(23)20-14-6-8-15(9-7-14)29(27,28)22-12-3-10-19-11-13-22/h1-2,4-9,19,23-24H,3,10-13H2,(H,20,21). The van der Waals surface area contributed by atoms with E-state index in [4.69, 9.17) is 0 Å². The fraction of sp³-hybridized carbons (Fsp3) is 0.278. The van der Waals surface area contributed by atoms with Crippen LogP contribution in [0, 0.1) is 10.4 Å². The van der Waals surface area contributed by atoms with Gasteiger partial charge >= 0.3 is 5.96 Å². The van der Waals surface area contributed by atoms with Gasteiger partial charge in [0.15, 0.2) is 0 Å². The van der Waals surface area contributed by atoms with Crippen LogP contribution in [0.15, 0.2) is 58.5 Å². The predicted octanol–water partition coefficient (Wildman–Crippen LogP) is -0.904. The van der Waals surface area contributed by atoms with Crippen molar-refractivity contribution in [1.82, 2.24) is 9.62 Å². The van der Waals surface area contributed by atoms with Crippen LogP contribution in [0.3, 0.4) is 0 Å². The highest BCUT2D eigenvalue weighted by atomic mass is 32.2. The number of guanidine groups is 1. The van der Waals surface area contributed by atoms with Crippen LogP contribution < -0.4 is 20.9 Å². The Morgan fingerprint density at radius 1 is 1.00 bits per heavy atom. The SMILES string of the molecule is O=S(=O)(c1ccc(NC2=N[NH+]([O-])c3ccccc3[NH+]2[O-])cc1)N1CCCNCC1. The van der Waals surface area contributed by atoms with Crippen LogP contribution in [-0.4, -0.2) is 44.9 Å². The number of hydroxylamine groups is 1. The second-order valence-electron chi connectivity index (χ2n) is 6.80. The Morgan fingerprint density at radius 2 is 1.72 bits per heavy atom. The van der Waals surface area contributed by atoms with E-state index in [1.807, 2.05) is 0 Å². The number of quaternary nitrogens is 2. The first kappa shape index (κ1) is 19.9. The summed E-state index contributed by atoms with van der Waals surface area (Å²) in [5, 5.41) is 33.7. The maximum atomic E-state index is 12.8. The van der Waals surface area contributed by atoms with Crippen molar-refractivity contribution in [2.24, 2.45) is 5.10 Å². The first-order valence-electron chi connectivity index (χ1n) is 9.31. The molecule has 2 heterocycles. The molecule has 29 heavy (non-hydrogen) atoms. The lowest BCUT2D eigenvalue weighted by atomic mass is 10.2. The van der Waals surface area contributed by atoms with E-state index >= 15 is 0 Å². The van der Waals surface area contributed by atoms with E-state index in [1.54, 1.807) is 36.4 Å². The van der Waals surface area contributed by atoms with Crippen molar-refractivity contribution in [2.75, 3.05) is 31.5 Å². The highest BCUT2D eigenvalue weighted by Crippen LogP contribution is 2.20. The molecule has 11 heteroatoms. The fourth-order valence-corrected chi connectivity index (χ4v) is 4.83. The molecule has 0 saturated carbocycles. The third-order valence-corrected chi connectivity index (χ3v) is 6.80. The van der Waals surface area contributed by atoms with Crippen LogP contribution >= 0.6 is 0 Å². The summed E-state index contributed by atoms with van der Waals surface area (Å²) in [6.07, 6.45) is 0.760. The van der Waals surface area contributed by atoms with Crippen LogP contribution in [0.5, 0.6) is 0 Å². The summed E-state index contributed by atoms with van der Waals surface area (Å²) in [5.74, 6) is -0.0806. The highest BCUT2D eigenvalue weighted by Gasteiger charge is 2.28. The molecule has 4 N–H and O–H groups in total. The Labute approximate surface area is 168 Å². The summed E-state index contributed by atoms with van der Waals surface area (Å²) >= 11 is 0. The van der Waals surface area contributed by atoms with Gasteiger partial charge in [0, 0.05) is 42.6 Å². The molecule has 0 spiro atoms. The second-order valence-corrected chi connectivity index (χ2v) is 8.74. The van der Waals surface area contributed by atoms with E-state index < -0.39 is 15.2 Å². The van der Waals surface area contributed by atoms with Crippen LogP contribution in [0.25, 0.3) is 0 Å². The van der Waals surface area contributed by atoms with Gasteiger partial charge in [0.05, 0.1) is 4.90 Å². The van der Waals surface area contributed by atoms with Crippen molar-refractivity contribution >= 4 is 33.0 Å². The Kier molecular flexibility index (Phi) is 5.61. The summed E-state index contributed by atoms with van der Waals surface area (Å²) in [5.41, 5.74) is 1.04. The summed E-state index contributed by atoms with van der Waals surface area (Å²) in [6, 6.07) is 12.6. The first-order chi connectivity index (χ1) is 14.0. The van der Waals surface area contributed by atoms with Gasteiger partial charge in [-0.15, -0.1) is 0 Å². The number of benzene rings is 2. The van der Waals surface area contributed by atoms with Crippen molar-refractivity contribution in [3.05, 3.63) is 58.9 Å². The number of hydrogen-bond acceptors (Lipinski definition) is 7. The first-order valence-corrected chi connectivity index (χ1v) is 10.8. The van der Waals surface area contributed by atoms with Gasteiger partial charge in [0.2, 0.25) is 21.4 Å². The minimum Gasteiger partial charge on any atom is -0.621 e. The smallest absolute Gasteiger partial charge is 0.358 e. The van der Waals surface area contributed by atoms with Crippen LogP contribution in [0.1, 0.15) is 6.42 Å². The molecule has 0 bridgehead atoms. The van der Waals surface area contributed by atoms with Gasteiger partial charge in [-0.1, -0.05) is 12.1 Å². The van der Waals surface area contributed by atoms with Gasteiger partial charge in [-0.3, -0.25) is 10.4 Å². The van der Waals surface area contributed by atoms with Crippen molar-refractivity contribution in [3.8, 4) is 0 Å². The maximum Gasteiger partial charge on any atom is 0.358 e. The molecule has 1 saturated heterocycles. The minimum absolute atomic E-state index is 0.0806. The number of fused-ring (bicyclic) bond motifs is 1. The summed E-state index contributed by atoms with van der Waals surface area (Å²) in [7, 11) is -3.58. The third-order valence-electron chi connectivity index (χ3n) is 4.88. The van der Waals surface area contributed by atoms with Gasteiger partial charge in [-0.05, 0) is 37.2 Å². The Morgan fingerprint density at radius 3 is 2.48 bits per heavy atom. The number of rotatable bonds is 3. The Balaban J connectivity index is 1.52. The fourth-order valence-electron chi connectivity index (χ4n) is 3.35. The number of anilines is 1. The third kappa shape index (κ3) is 4.02. The zero-order valence-corrected chi connectivity index (χ0v) is 16.4. The number of hydrogen-bond donors (Lipinski definition) is 4. The van der Waals surface area contributed by atoms with Crippen LogP contribution in [-0.2, 0) is 10.0 Å². The molecule has 10 nitrogen and oxygen atoms in total. The van der Waals surface area contributed by atoms with E-state index in [0.29, 0.717) is 31.0 Å². The molecule has 2 aromatic carbocycles. The lowest BCUT2D eigenvalue weighted by Gasteiger charge is -2.30. The Hall–Kier alpha value is -2.38. The van der Waals surface area contributed by atoms with Gasteiger partial charge < -0.3 is 15.7 Å². The molecule has 0 aromatic heterocycles. The molecular formula is C18H22N6O4S. The second kappa shape index (κ2) is 8.16. The predicted molar refractivity (Wildman–Crippen MR) is 108 cm³/mol. The van der Waals surface area contributed by atoms with Crippen molar-refractivity contribution < 1.29 is 18.7 Å². The summed E-state index contributed by atoms with van der Waals surface area (Å²) < 4.78 is 27.1. The molecule has 0 radical (unpaired) electrons. The molecule has 2 aliphatic heterocycles. The molecule has 2 aromatic rings. The van der Waals surface area contributed by atoms with Crippen LogP contribution in [0.2, 0.25) is 0 Å². The average molecular weight is 418 g/mol. The van der Waals surface area contributed by atoms with Gasteiger partial charge in [0.1, 0.15) is 0 Å². The van der Waals surface area contributed by atoms with Gasteiger partial charge in [0.25, 0.3) is 0 Å². The van der Waals surface area contributed by atoms with E-state index in [-0.39, 0.29) is 21.6 Å². The molecule has 2 atom stereocenters. The number of sulfonamides is 1. The molecule has 1 fully saturated rings. The molecule has 4 rings (SSSR count). The van der Waals surface area contributed by atoms with Crippen molar-refractivity contribution in [2.45, 2.75) is 11.3 Å². The molecule has 2 unspecified atom stereocenters. The lowest BCUT2D eigenvalue weighted by Crippen LogP contribution is -3.14. The monoisotopic (exact) mass is 418 g/mol. The summed E-state index contributed by atoms with van der Waals surface area (Å²) in [4.78, 5) is 0.184. The number of nitrogens with one attached hydrogen (secondary N) is 4. The molecule has 0 amide bonds. The highest BCUT2D eigenvalue weighted by molar-refractivity contribution is 7.89. The molecule has 0 aliphatic carbocycles. The topological polar surface area (TPSA) is 129 Å². The van der Waals surface area contributed by atoms with Gasteiger partial charge in [-0.2, -0.15) is 9.48 Å². The molecule has 2 aliphatic rings. The van der Waals surface area contributed by atoms with Crippen LogP contribution in [0.4, 0.5) is 17.1 Å². The number of para-hydroxylation sites is 1. The maximum absolute atomic E-state index is 12.8. The molecule has 154 valence electrons. The molecular weight excluding hydrogens is 396 g/mol. The zero-order valence-electron chi connectivity index (χ0n) is 15.6. The Bertz CT molecular complexity index is 1000. The van der Waals surface area contributed by atoms with E-state index in [2.05, 4.69) is 15.7 Å². The quantitative estimate of drug-likeness (QED) is 0.478. The zero-order chi connectivity index (χ0) is 20.4. The van der Waals surface area contributed by atoms with Gasteiger partial charge in [-0.25, -0.2) is 8.42 Å².